The molecule has 3 aliphatic heterocycles. The first kappa shape index (κ1) is 101. The highest BCUT2D eigenvalue weighted by Gasteiger charge is 2.46. The zero-order valence-electron chi connectivity index (χ0n) is 72.7. The van der Waals surface area contributed by atoms with Crippen LogP contribution in [0.25, 0.3) is 21.8 Å². The van der Waals surface area contributed by atoms with Crippen molar-refractivity contribution in [3.63, 3.8) is 0 Å². The van der Waals surface area contributed by atoms with Gasteiger partial charge >= 0.3 is 0 Å². The zero-order valence-corrected chi connectivity index (χ0v) is 73.5. The average Bonchev–Trinajstić information content (AvgIpc) is 1.73. The van der Waals surface area contributed by atoms with E-state index >= 15 is 24.0 Å². The number of rotatable bonds is 23. The second-order valence-corrected chi connectivity index (χ2v) is 33.2. The van der Waals surface area contributed by atoms with Gasteiger partial charge in [0.1, 0.15) is 90.3 Å². The number of phenolic OH excluding ortho intramolecular Hbond substituents is 1. The number of carbonyl (C=O) groups is 17. The molecule has 3 saturated heterocycles. The monoisotopic (exact) mass is 1820 g/mol. The van der Waals surface area contributed by atoms with Crippen LogP contribution in [-0.4, -0.2) is 331 Å². The number of likely N-dealkylation sites (N-methyl/N-ethyl adjacent to an activating group) is 3. The van der Waals surface area contributed by atoms with Gasteiger partial charge in [0.05, 0.1) is 31.4 Å². The molecule has 3 aromatic carbocycles. The third kappa shape index (κ3) is 28.0. The van der Waals surface area contributed by atoms with Gasteiger partial charge in [0.15, 0.2) is 5.96 Å². The van der Waals surface area contributed by atoms with Crippen molar-refractivity contribution in [3.8, 4) is 5.75 Å². The lowest BCUT2D eigenvalue weighted by atomic mass is 10.0. The number of thioether (sulfide) groups is 1. The van der Waals surface area contributed by atoms with Crippen molar-refractivity contribution in [2.45, 2.75) is 201 Å². The Morgan fingerprint density at radius 2 is 1.07 bits per heavy atom. The Labute approximate surface area is 747 Å². The first-order chi connectivity index (χ1) is 61.4. The van der Waals surface area contributed by atoms with E-state index < -0.39 is 254 Å². The maximum absolute atomic E-state index is 15.3. The van der Waals surface area contributed by atoms with Gasteiger partial charge in [-0.05, 0) is 106 Å². The van der Waals surface area contributed by atoms with Gasteiger partial charge in [-0.2, -0.15) is 0 Å². The summed E-state index contributed by atoms with van der Waals surface area (Å²) in [6.45, 7) is 0.795. The van der Waals surface area contributed by atoms with E-state index in [1.165, 1.54) is 59.3 Å². The van der Waals surface area contributed by atoms with Crippen LogP contribution in [0, 0.1) is 5.41 Å². The van der Waals surface area contributed by atoms with E-state index in [0.717, 1.165) is 36.3 Å². The molecule has 0 unspecified atom stereocenters. The number of guanidine groups is 1. The van der Waals surface area contributed by atoms with Crippen LogP contribution in [0.5, 0.6) is 5.75 Å². The SMILES string of the molecule is CCCC[C@H]1C(=O)N[C@H](CC(N)=O)C(=O)N2CCC[C@H]2C(=O)N[C@@H](CO)C(=O)N[C@@H](CCO)C(=O)N2C[C@H](O)C[C@H]2C(=O)N[C@@H](Cc2c[nH]c3ccccc23)C(=O)N[C@@H](CCN)C(=O)N[C@@H](Cc2c[nH]c3ccccc23)C(=O)N(C)[C@@H](C)C(=O)N(C)[C@@H](C)C(=O)N[C@@H](CCCNC(=N)N)C(=O)N[C@H](C(=O)NCC(N)=O)CSCC(=O)N[C@@H](Cc2ccc(O)cc2)C(=O)N1C. The maximum Gasteiger partial charge on any atom is 0.246 e. The summed E-state index contributed by atoms with van der Waals surface area (Å²) in [5.41, 5.74) is 25.5. The van der Waals surface area contributed by atoms with Crippen LogP contribution in [-0.2, 0) is 101 Å². The molecule has 3 aliphatic rings. The molecule has 3 fully saturated rings. The van der Waals surface area contributed by atoms with Crippen molar-refractivity contribution in [3.05, 3.63) is 102 Å². The highest BCUT2D eigenvalue weighted by molar-refractivity contribution is 8.00. The van der Waals surface area contributed by atoms with E-state index in [1.54, 1.807) is 67.8 Å². The number of aromatic amines is 2. The molecule has 45 heteroatoms. The number of carbonyl (C=O) groups excluding carboxylic acids is 17. The number of benzene rings is 3. The van der Waals surface area contributed by atoms with Crippen LogP contribution in [0.1, 0.15) is 108 Å². The number of hydrogen-bond acceptors (Lipinski definition) is 24. The molecule has 2 aromatic heterocycles. The number of aromatic nitrogens is 2. The number of nitrogens with two attached hydrogens (primary N) is 4. The van der Waals surface area contributed by atoms with Crippen LogP contribution in [0.2, 0.25) is 0 Å². The molecule has 0 radical (unpaired) electrons. The zero-order chi connectivity index (χ0) is 94.6. The number of phenols is 1. The van der Waals surface area contributed by atoms with E-state index in [4.69, 9.17) is 28.3 Å². The van der Waals surface area contributed by atoms with Crippen LogP contribution in [0.15, 0.2) is 85.2 Å². The number of H-pyrrole nitrogens is 2. The van der Waals surface area contributed by atoms with Crippen molar-refractivity contribution in [2.75, 3.05) is 78.6 Å². The maximum atomic E-state index is 15.3. The molecule has 0 spiro atoms. The van der Waals surface area contributed by atoms with Crippen LogP contribution >= 0.6 is 11.8 Å². The van der Waals surface area contributed by atoms with E-state index in [9.17, 15) is 78.0 Å². The Bertz CT molecular complexity index is 4880. The van der Waals surface area contributed by atoms with Crippen LogP contribution in [0.3, 0.4) is 0 Å². The summed E-state index contributed by atoms with van der Waals surface area (Å²) < 4.78 is 0. The number of amides is 17. The minimum absolute atomic E-state index is 0.0199. The number of aromatic hydroxyl groups is 1. The van der Waals surface area contributed by atoms with E-state index in [1.807, 2.05) is 0 Å². The Morgan fingerprint density at radius 3 is 1.68 bits per heavy atom. The number of unbranched alkanes of at least 4 members (excludes halogenated alkanes) is 1. The molecule has 8 rings (SSSR count). The molecular weight excluding hydrogens is 1700 g/mol. The molecule has 44 nitrogen and oxygen atoms in total. The van der Waals surface area contributed by atoms with E-state index in [0.29, 0.717) is 44.9 Å². The summed E-state index contributed by atoms with van der Waals surface area (Å²) in [6, 6.07) is -2.83. The Balaban J connectivity index is 1.16. The van der Waals surface area contributed by atoms with Crippen LogP contribution < -0.4 is 81.4 Å². The summed E-state index contributed by atoms with van der Waals surface area (Å²) in [7, 11) is 3.76. The summed E-state index contributed by atoms with van der Waals surface area (Å²) in [5.74, 6) is -18.4. The first-order valence-corrected chi connectivity index (χ1v) is 43.6. The van der Waals surface area contributed by atoms with E-state index in [-0.39, 0.29) is 89.6 Å². The first-order valence-electron chi connectivity index (χ1n) is 42.5. The fourth-order valence-electron chi connectivity index (χ4n) is 15.5. The van der Waals surface area contributed by atoms with Gasteiger partial charge in [0.2, 0.25) is 100 Å². The summed E-state index contributed by atoms with van der Waals surface area (Å²) >= 11 is 0.748. The lowest BCUT2D eigenvalue weighted by Crippen LogP contribution is -2.61. The molecule has 0 saturated carbocycles. The fourth-order valence-corrected chi connectivity index (χ4v) is 16.3. The van der Waals surface area contributed by atoms with Gasteiger partial charge in [-0.3, -0.25) is 86.9 Å². The topological polar surface area (TPSA) is 679 Å². The number of para-hydroxylation sites is 2. The molecule has 702 valence electrons. The van der Waals surface area contributed by atoms with Crippen molar-refractivity contribution >= 4 is 140 Å². The molecule has 17 amide bonds. The number of aliphatic hydroxyl groups is 3. The Hall–Kier alpha value is -13.0. The summed E-state index contributed by atoms with van der Waals surface area (Å²) in [5, 5.41) is 79.8. The predicted molar refractivity (Wildman–Crippen MR) is 470 cm³/mol. The second-order valence-electron chi connectivity index (χ2n) is 32.2. The molecule has 0 aliphatic carbocycles. The second kappa shape index (κ2) is 48.2. The number of hydrogen-bond donors (Lipinski definition) is 22. The lowest BCUT2D eigenvalue weighted by molar-refractivity contribution is -0.148. The van der Waals surface area contributed by atoms with Gasteiger partial charge in [0.25, 0.3) is 0 Å². The third-order valence-corrected chi connectivity index (χ3v) is 23.9. The molecule has 5 aromatic rings. The minimum Gasteiger partial charge on any atom is -0.508 e. The minimum atomic E-state index is -1.90. The summed E-state index contributed by atoms with van der Waals surface area (Å²) in [4.78, 5) is 257. The molecule has 129 heavy (non-hydrogen) atoms. The number of primary amides is 2. The number of aliphatic hydroxyl groups excluding tert-OH is 3. The molecule has 15 atom stereocenters. The van der Waals surface area contributed by atoms with Crippen molar-refractivity contribution in [2.24, 2.45) is 22.9 Å². The fraction of sp³-hybridized carbons (Fsp3) is 0.524. The normalized spacial score (nSPS) is 25.3. The van der Waals surface area contributed by atoms with Gasteiger partial charge < -0.3 is 136 Å². The number of nitrogens with one attached hydrogen (secondary N) is 14. The quantitative estimate of drug-likeness (QED) is 0.0164. The van der Waals surface area contributed by atoms with Gasteiger partial charge in [-0.25, -0.2) is 0 Å². The van der Waals surface area contributed by atoms with Crippen molar-refractivity contribution in [1.82, 2.24) is 93.0 Å². The average molecular weight is 1820 g/mol. The number of nitrogens with zero attached hydrogens (tertiary/aromatic N) is 5. The smallest absolute Gasteiger partial charge is 0.246 e. The van der Waals surface area contributed by atoms with E-state index in [2.05, 4.69) is 68.5 Å². The Kier molecular flexibility index (Phi) is 37.9. The summed E-state index contributed by atoms with van der Waals surface area (Å²) in [6.07, 6.45) is -0.679. The van der Waals surface area contributed by atoms with Gasteiger partial charge in [-0.15, -0.1) is 11.8 Å². The molecular formula is C84H119N23O21S. The standard InChI is InChI=1S/C84H119N23O21S/c1-7-8-20-64-76(121)100-61(36-67(86)112)83(128)106-30-14-21-65(106)77(122)101-62(41-109)75(120)97-57(27-31-108)82(127)107-40-50(111)35-66(107)78(123)98-58(33-47-37-91-53-17-11-9-15-51(47)53)74(119)96-56(26-28-85)73(118)99-60(34-48-38-92-54-18-12-10-16-52(48)54)80(125)104(5)45(3)79(124)103(4)44(2)70(115)95-55(19-13-29-90-84(88)89)72(117)102-63(71(116)93-39-68(87)113)42-129-43-69(114)94-59(81(126)105(64)6)32-46-22-24-49(110)25-23-46/h9-12,15-18,22-25,37-38,44-45,50,55-66,91-92,108-111H,7-8,13-14,19-21,26-36,39-43,85H2,1-6H3,(H2,86,112)(H2,87,113)(H,93,116)(H,94,114)(H,95,115)(H,96,119)(H,97,120)(H,98,123)(H,99,118)(H,100,121)(H,101,122)(H,102,117)(H4,88,89,90)/t44-,45-,50+,55-,56-,57-,58-,59-,60-,61+,62-,63-,64-,65-,66-/m0/s1. The highest BCUT2D eigenvalue weighted by atomic mass is 32.2. The molecule has 26 N–H and O–H groups in total. The largest absolute Gasteiger partial charge is 0.508 e. The number of fused-ring (bicyclic) bond motifs is 4. The highest BCUT2D eigenvalue weighted by Crippen LogP contribution is 2.27. The molecule has 5 heterocycles. The van der Waals surface area contributed by atoms with Crippen molar-refractivity contribution in [1.29, 1.82) is 5.41 Å². The predicted octanol–water partition coefficient (Wildman–Crippen LogP) is -6.38. The van der Waals surface area contributed by atoms with Crippen LogP contribution in [0.4, 0.5) is 0 Å². The third-order valence-electron chi connectivity index (χ3n) is 22.9. The molecule has 0 bridgehead atoms. The van der Waals surface area contributed by atoms with Gasteiger partial charge in [-0.1, -0.05) is 68.3 Å². The lowest BCUT2D eigenvalue weighted by Gasteiger charge is -2.34. The van der Waals surface area contributed by atoms with Crippen molar-refractivity contribution < 1.29 is 102 Å². The Morgan fingerprint density at radius 1 is 0.535 bits per heavy atom. The van der Waals surface area contributed by atoms with Gasteiger partial charge in [0, 0.05) is 113 Å².